The third kappa shape index (κ3) is 1.77. The minimum Gasteiger partial charge on any atom is -0.374 e. The molecule has 0 saturated heterocycles. The molecule has 0 radical (unpaired) electrons. The molecule has 18 heavy (non-hydrogen) atoms. The minimum atomic E-state index is 0.171. The summed E-state index contributed by atoms with van der Waals surface area (Å²) in [7, 11) is 2.19. The van der Waals surface area contributed by atoms with Gasteiger partial charge in [0.25, 0.3) is 0 Å². The molecule has 1 heterocycles. The highest BCUT2D eigenvalue weighted by Gasteiger charge is 2.47. The molecule has 1 aromatic carbocycles. The maximum atomic E-state index is 2.38. The molecular formula is C17H25N. The molecule has 1 unspecified atom stereocenters. The summed E-state index contributed by atoms with van der Waals surface area (Å²) in [5, 5.41) is 0. The van der Waals surface area contributed by atoms with Crippen LogP contribution in [-0.2, 0) is 0 Å². The van der Waals surface area contributed by atoms with Gasteiger partial charge < -0.3 is 4.90 Å². The van der Waals surface area contributed by atoms with Crippen molar-refractivity contribution in [1.82, 2.24) is 4.90 Å². The van der Waals surface area contributed by atoms with E-state index in [1.807, 2.05) is 0 Å². The van der Waals surface area contributed by atoms with Crippen LogP contribution in [0.15, 0.2) is 36.5 Å². The van der Waals surface area contributed by atoms with Crippen molar-refractivity contribution in [2.24, 2.45) is 11.3 Å². The standard InChI is InChI=1S/C17H25N/c1-13-15(14-10-8-7-9-11-14)12-18(6)17(4,5)16(13,2)3/h7-13H,1-6H3. The molecule has 0 spiro atoms. The van der Waals surface area contributed by atoms with Crippen molar-refractivity contribution in [2.45, 2.75) is 40.2 Å². The quantitative estimate of drug-likeness (QED) is 0.706. The number of hydrogen-bond acceptors (Lipinski definition) is 1. The summed E-state index contributed by atoms with van der Waals surface area (Å²) in [5.41, 5.74) is 3.20. The zero-order valence-corrected chi connectivity index (χ0v) is 12.5. The molecule has 1 nitrogen and oxygen atoms in total. The third-order valence-corrected chi connectivity index (χ3v) is 5.45. The fourth-order valence-corrected chi connectivity index (χ4v) is 2.81. The van der Waals surface area contributed by atoms with Crippen molar-refractivity contribution in [3.8, 4) is 0 Å². The Labute approximate surface area is 112 Å². The molecule has 0 bridgehead atoms. The fraction of sp³-hybridized carbons (Fsp3) is 0.529. The van der Waals surface area contributed by atoms with Gasteiger partial charge in [-0.3, -0.25) is 0 Å². The van der Waals surface area contributed by atoms with Gasteiger partial charge >= 0.3 is 0 Å². The van der Waals surface area contributed by atoms with E-state index in [4.69, 9.17) is 0 Å². The topological polar surface area (TPSA) is 3.24 Å². The summed E-state index contributed by atoms with van der Waals surface area (Å²) in [5.74, 6) is 0.547. The van der Waals surface area contributed by atoms with Crippen LogP contribution in [0.4, 0.5) is 0 Å². The molecule has 0 aliphatic carbocycles. The maximum absolute atomic E-state index is 2.38. The zero-order valence-electron chi connectivity index (χ0n) is 12.5. The van der Waals surface area contributed by atoms with E-state index < -0.39 is 0 Å². The second-order valence-electron chi connectivity index (χ2n) is 6.56. The molecule has 0 N–H and O–H groups in total. The predicted octanol–water partition coefficient (Wildman–Crippen LogP) is 4.41. The number of hydrogen-bond donors (Lipinski definition) is 0. The summed E-state index contributed by atoms with van der Waals surface area (Å²) in [6.07, 6.45) is 2.32. The highest BCUT2D eigenvalue weighted by atomic mass is 15.2. The highest BCUT2D eigenvalue weighted by molar-refractivity contribution is 5.68. The minimum absolute atomic E-state index is 0.171. The number of nitrogens with zero attached hydrogens (tertiary/aromatic N) is 1. The van der Waals surface area contributed by atoms with Crippen molar-refractivity contribution >= 4 is 5.57 Å². The molecule has 1 heteroatoms. The molecular weight excluding hydrogens is 218 g/mol. The average Bonchev–Trinajstić information content (AvgIpc) is 2.34. The van der Waals surface area contributed by atoms with Gasteiger partial charge in [-0.05, 0) is 36.3 Å². The van der Waals surface area contributed by atoms with Gasteiger partial charge in [0.05, 0.1) is 0 Å². The third-order valence-electron chi connectivity index (χ3n) is 5.45. The smallest absolute Gasteiger partial charge is 0.0394 e. The van der Waals surface area contributed by atoms with Crippen LogP contribution in [0.5, 0.6) is 0 Å². The molecule has 0 aromatic heterocycles. The SMILES string of the molecule is CC1C(c2ccccc2)=CN(C)C(C)(C)C1(C)C. The first-order valence-electron chi connectivity index (χ1n) is 6.78. The first-order chi connectivity index (χ1) is 8.28. The van der Waals surface area contributed by atoms with Crippen LogP contribution >= 0.6 is 0 Å². The summed E-state index contributed by atoms with van der Waals surface area (Å²) in [6, 6.07) is 10.7. The van der Waals surface area contributed by atoms with Crippen molar-refractivity contribution in [3.05, 3.63) is 42.1 Å². The number of benzene rings is 1. The Morgan fingerprint density at radius 3 is 2.11 bits per heavy atom. The Hall–Kier alpha value is -1.24. The van der Waals surface area contributed by atoms with E-state index >= 15 is 0 Å². The Morgan fingerprint density at radius 1 is 1.00 bits per heavy atom. The second-order valence-corrected chi connectivity index (χ2v) is 6.56. The zero-order chi connectivity index (χ0) is 13.6. The van der Waals surface area contributed by atoms with Crippen molar-refractivity contribution < 1.29 is 0 Å². The van der Waals surface area contributed by atoms with Crippen LogP contribution in [0.25, 0.3) is 5.57 Å². The highest BCUT2D eigenvalue weighted by Crippen LogP contribution is 2.50. The normalized spacial score (nSPS) is 25.8. The van der Waals surface area contributed by atoms with Crippen LogP contribution in [0, 0.1) is 11.3 Å². The van der Waals surface area contributed by atoms with E-state index in [2.05, 4.69) is 83.1 Å². The summed E-state index contributed by atoms with van der Waals surface area (Å²) < 4.78 is 0. The van der Waals surface area contributed by atoms with Crippen LogP contribution in [0.2, 0.25) is 0 Å². The van der Waals surface area contributed by atoms with E-state index in [0.29, 0.717) is 5.92 Å². The van der Waals surface area contributed by atoms with Gasteiger partial charge in [-0.2, -0.15) is 0 Å². The van der Waals surface area contributed by atoms with Gasteiger partial charge in [-0.25, -0.2) is 0 Å². The Balaban J connectivity index is 2.52. The van der Waals surface area contributed by atoms with Gasteiger partial charge in [0.2, 0.25) is 0 Å². The number of rotatable bonds is 1. The lowest BCUT2D eigenvalue weighted by molar-refractivity contribution is 0.0266. The van der Waals surface area contributed by atoms with Crippen LogP contribution in [0.3, 0.4) is 0 Å². The average molecular weight is 243 g/mol. The summed E-state index contributed by atoms with van der Waals surface area (Å²) in [6.45, 7) is 11.8. The number of allylic oxidation sites excluding steroid dienone is 1. The van der Waals surface area contributed by atoms with E-state index in [1.54, 1.807) is 0 Å². The Bertz CT molecular complexity index is 454. The van der Waals surface area contributed by atoms with Crippen LogP contribution in [-0.4, -0.2) is 17.5 Å². The van der Waals surface area contributed by atoms with Crippen molar-refractivity contribution in [1.29, 1.82) is 0 Å². The fourth-order valence-electron chi connectivity index (χ4n) is 2.81. The maximum Gasteiger partial charge on any atom is 0.0394 e. The summed E-state index contributed by atoms with van der Waals surface area (Å²) >= 11 is 0. The lowest BCUT2D eigenvalue weighted by Crippen LogP contribution is -2.55. The van der Waals surface area contributed by atoms with Crippen molar-refractivity contribution in [2.75, 3.05) is 7.05 Å². The van der Waals surface area contributed by atoms with E-state index in [1.165, 1.54) is 11.1 Å². The summed E-state index contributed by atoms with van der Waals surface area (Å²) in [4.78, 5) is 2.37. The molecule has 2 rings (SSSR count). The molecule has 1 atom stereocenters. The van der Waals surface area contributed by atoms with Gasteiger partial charge in [0.1, 0.15) is 0 Å². The first kappa shape index (κ1) is 13.2. The van der Waals surface area contributed by atoms with Gasteiger partial charge in [0, 0.05) is 18.8 Å². The van der Waals surface area contributed by atoms with Gasteiger partial charge in [0.15, 0.2) is 0 Å². The van der Waals surface area contributed by atoms with E-state index in [9.17, 15) is 0 Å². The molecule has 1 aliphatic rings. The van der Waals surface area contributed by atoms with Crippen LogP contribution in [0.1, 0.15) is 40.2 Å². The lowest BCUT2D eigenvalue weighted by Gasteiger charge is -2.55. The van der Waals surface area contributed by atoms with Gasteiger partial charge in [-0.15, -0.1) is 0 Å². The lowest BCUT2D eigenvalue weighted by atomic mass is 9.61. The molecule has 0 fully saturated rings. The Kier molecular flexibility index (Phi) is 3.04. The molecule has 0 saturated carbocycles. The largest absolute Gasteiger partial charge is 0.374 e. The van der Waals surface area contributed by atoms with E-state index in [0.717, 1.165) is 0 Å². The van der Waals surface area contributed by atoms with E-state index in [-0.39, 0.29) is 11.0 Å². The molecule has 1 aliphatic heterocycles. The van der Waals surface area contributed by atoms with Gasteiger partial charge in [-0.1, -0.05) is 51.1 Å². The molecule has 98 valence electrons. The molecule has 0 amide bonds. The molecule has 1 aromatic rings. The second kappa shape index (κ2) is 4.15. The van der Waals surface area contributed by atoms with Crippen molar-refractivity contribution in [3.63, 3.8) is 0 Å². The predicted molar refractivity (Wildman–Crippen MR) is 79.2 cm³/mol. The monoisotopic (exact) mass is 243 g/mol. The Morgan fingerprint density at radius 2 is 1.56 bits per heavy atom. The van der Waals surface area contributed by atoms with Crippen LogP contribution < -0.4 is 0 Å². The first-order valence-corrected chi connectivity index (χ1v) is 6.78.